The Kier molecular flexibility index (Phi) is 5.78. The quantitative estimate of drug-likeness (QED) is 0.793. The normalized spacial score (nSPS) is 16.1. The van der Waals surface area contributed by atoms with E-state index in [1.54, 1.807) is 6.92 Å². The number of hydrogen-bond acceptors (Lipinski definition) is 5. The van der Waals surface area contributed by atoms with Crippen LogP contribution in [0.25, 0.3) is 0 Å². The summed E-state index contributed by atoms with van der Waals surface area (Å²) in [5, 5.41) is 2.91. The van der Waals surface area contributed by atoms with Gasteiger partial charge in [-0.3, -0.25) is 10.1 Å². The van der Waals surface area contributed by atoms with Crippen molar-refractivity contribution in [1.29, 1.82) is 0 Å². The van der Waals surface area contributed by atoms with Gasteiger partial charge >= 0.3 is 6.18 Å². The molecule has 0 bridgehead atoms. The first-order valence-electron chi connectivity index (χ1n) is 8.54. The molecule has 1 N–H and O–H groups in total. The number of anilines is 1. The second-order valence-corrected chi connectivity index (χ2v) is 9.23. The summed E-state index contributed by atoms with van der Waals surface area (Å²) in [5.41, 5.74) is -0.518. The van der Waals surface area contributed by atoms with Crippen LogP contribution in [0.4, 0.5) is 18.3 Å². The number of hydrogen-bond donors (Lipinski definition) is 1. The van der Waals surface area contributed by atoms with Crippen LogP contribution in [0.2, 0.25) is 0 Å². The van der Waals surface area contributed by atoms with Crippen molar-refractivity contribution in [3.63, 3.8) is 0 Å². The lowest BCUT2D eigenvalue weighted by Crippen LogP contribution is -2.35. The van der Waals surface area contributed by atoms with Gasteiger partial charge in [-0.2, -0.15) is 17.5 Å². The summed E-state index contributed by atoms with van der Waals surface area (Å²) in [5.74, 6) is -0.712. The second kappa shape index (κ2) is 7.80. The smallest absolute Gasteiger partial charge is 0.298 e. The van der Waals surface area contributed by atoms with E-state index >= 15 is 0 Å². The summed E-state index contributed by atoms with van der Waals surface area (Å²) < 4.78 is 64.9. The topological polar surface area (TPSA) is 79.4 Å². The van der Waals surface area contributed by atoms with Gasteiger partial charge in [0.05, 0.1) is 4.90 Å². The van der Waals surface area contributed by atoms with Crippen LogP contribution in [0, 0.1) is 6.92 Å². The van der Waals surface area contributed by atoms with Gasteiger partial charge in [-0.1, -0.05) is 12.5 Å². The lowest BCUT2D eigenvalue weighted by Gasteiger charge is -2.26. The van der Waals surface area contributed by atoms with Crippen LogP contribution in [0.15, 0.2) is 28.5 Å². The van der Waals surface area contributed by atoms with Crippen LogP contribution in [0.1, 0.15) is 40.9 Å². The molecule has 0 atom stereocenters. The highest BCUT2D eigenvalue weighted by Crippen LogP contribution is 2.32. The molecule has 28 heavy (non-hydrogen) atoms. The summed E-state index contributed by atoms with van der Waals surface area (Å²) in [7, 11) is -3.73. The zero-order valence-corrected chi connectivity index (χ0v) is 16.5. The van der Waals surface area contributed by atoms with Gasteiger partial charge in [0.2, 0.25) is 10.0 Å². The van der Waals surface area contributed by atoms with Crippen LogP contribution >= 0.6 is 11.3 Å². The number of aromatic nitrogens is 1. The Balaban J connectivity index is 1.85. The van der Waals surface area contributed by atoms with E-state index in [-0.39, 0.29) is 15.6 Å². The predicted octanol–water partition coefficient (Wildman–Crippen LogP) is 3.90. The summed E-state index contributed by atoms with van der Waals surface area (Å²) >= 11 is 0.648. The highest BCUT2D eigenvalue weighted by molar-refractivity contribution is 7.89. The van der Waals surface area contributed by atoms with E-state index in [2.05, 4.69) is 10.3 Å². The van der Waals surface area contributed by atoms with E-state index < -0.39 is 27.8 Å². The van der Waals surface area contributed by atoms with Crippen LogP contribution in [-0.2, 0) is 16.2 Å². The molecule has 1 fully saturated rings. The molecule has 1 aromatic heterocycles. The molecule has 3 rings (SSSR count). The molecular formula is C17H18F3N3O3S2. The molecule has 0 aliphatic carbocycles. The first-order chi connectivity index (χ1) is 13.1. The fraction of sp³-hybridized carbons (Fsp3) is 0.412. The SMILES string of the molecule is Cc1ccc(S(=O)(=O)N2CCCCC2)cc1C(=O)Nc1nc(C(F)(F)F)cs1. The van der Waals surface area contributed by atoms with E-state index in [4.69, 9.17) is 0 Å². The molecule has 0 saturated carbocycles. The Labute approximate surface area is 164 Å². The Bertz CT molecular complexity index is 981. The number of benzene rings is 1. The molecule has 6 nitrogen and oxygen atoms in total. The highest BCUT2D eigenvalue weighted by atomic mass is 32.2. The van der Waals surface area contributed by atoms with E-state index in [0.717, 1.165) is 24.6 Å². The van der Waals surface area contributed by atoms with Crippen molar-refractivity contribution in [3.8, 4) is 0 Å². The number of amides is 1. The molecule has 2 aromatic rings. The van der Waals surface area contributed by atoms with Gasteiger partial charge in [0.25, 0.3) is 5.91 Å². The second-order valence-electron chi connectivity index (χ2n) is 6.43. The van der Waals surface area contributed by atoms with Gasteiger partial charge in [-0.25, -0.2) is 13.4 Å². The van der Waals surface area contributed by atoms with Crippen LogP contribution in [0.3, 0.4) is 0 Å². The number of halogens is 3. The summed E-state index contributed by atoms with van der Waals surface area (Å²) in [6, 6.07) is 4.20. The zero-order valence-electron chi connectivity index (χ0n) is 14.9. The number of alkyl halides is 3. The third kappa shape index (κ3) is 4.36. The lowest BCUT2D eigenvalue weighted by molar-refractivity contribution is -0.140. The molecule has 2 heterocycles. The van der Waals surface area contributed by atoms with Gasteiger partial charge < -0.3 is 0 Å². The third-order valence-electron chi connectivity index (χ3n) is 4.42. The van der Waals surface area contributed by atoms with Gasteiger partial charge in [-0.15, -0.1) is 11.3 Å². The van der Waals surface area contributed by atoms with Gasteiger partial charge in [0.1, 0.15) is 0 Å². The summed E-state index contributed by atoms with van der Waals surface area (Å²) in [4.78, 5) is 15.9. The molecule has 1 saturated heterocycles. The number of carbonyl (C=O) groups is 1. The van der Waals surface area contributed by atoms with Crippen molar-refractivity contribution in [3.05, 3.63) is 40.4 Å². The van der Waals surface area contributed by atoms with Crippen molar-refractivity contribution in [2.75, 3.05) is 18.4 Å². The maximum absolute atomic E-state index is 12.8. The largest absolute Gasteiger partial charge is 0.434 e. The number of sulfonamides is 1. The molecule has 1 aliphatic rings. The number of thiazole rings is 1. The summed E-state index contributed by atoms with van der Waals surface area (Å²) in [6.45, 7) is 2.48. The Morgan fingerprint density at radius 2 is 1.89 bits per heavy atom. The summed E-state index contributed by atoms with van der Waals surface area (Å²) in [6.07, 6.45) is -2.06. The average molecular weight is 433 g/mol. The Morgan fingerprint density at radius 1 is 1.21 bits per heavy atom. The molecule has 1 aromatic carbocycles. The van der Waals surface area contributed by atoms with Gasteiger partial charge in [0, 0.05) is 24.0 Å². The molecule has 152 valence electrons. The van der Waals surface area contributed by atoms with Crippen molar-refractivity contribution >= 4 is 32.4 Å². The van der Waals surface area contributed by atoms with Crippen LogP contribution in [-0.4, -0.2) is 36.7 Å². The standard InChI is InChI=1S/C17H18F3N3O3S2/c1-11-5-6-12(28(25,26)23-7-3-2-4-8-23)9-13(11)15(24)22-16-21-14(10-27-16)17(18,19)20/h5-6,9-10H,2-4,7-8H2,1H3,(H,21,22,24). The van der Waals surface area contributed by atoms with Crippen LogP contribution in [0.5, 0.6) is 0 Å². The predicted molar refractivity (Wildman–Crippen MR) is 98.9 cm³/mol. The van der Waals surface area contributed by atoms with Crippen molar-refractivity contribution < 1.29 is 26.4 Å². The monoisotopic (exact) mass is 433 g/mol. The molecule has 0 unspecified atom stereocenters. The highest BCUT2D eigenvalue weighted by Gasteiger charge is 2.34. The first kappa shape index (κ1) is 20.7. The molecule has 11 heteroatoms. The molecule has 0 radical (unpaired) electrons. The molecule has 0 spiro atoms. The van der Waals surface area contributed by atoms with E-state index in [1.165, 1.54) is 22.5 Å². The minimum atomic E-state index is -4.60. The Hall–Kier alpha value is -1.98. The number of carbonyl (C=O) groups excluding carboxylic acids is 1. The minimum Gasteiger partial charge on any atom is -0.298 e. The van der Waals surface area contributed by atoms with Crippen LogP contribution < -0.4 is 5.32 Å². The number of rotatable bonds is 4. The number of aryl methyl sites for hydroxylation is 1. The van der Waals surface area contributed by atoms with Crippen molar-refractivity contribution in [1.82, 2.24) is 9.29 Å². The number of piperidine rings is 1. The lowest BCUT2D eigenvalue weighted by atomic mass is 10.1. The minimum absolute atomic E-state index is 0.0136. The fourth-order valence-electron chi connectivity index (χ4n) is 2.89. The zero-order chi connectivity index (χ0) is 20.5. The molecule has 1 aliphatic heterocycles. The van der Waals surface area contributed by atoms with Gasteiger partial charge in [-0.05, 0) is 37.5 Å². The van der Waals surface area contributed by atoms with E-state index in [0.29, 0.717) is 30.0 Å². The van der Waals surface area contributed by atoms with Crippen molar-refractivity contribution in [2.24, 2.45) is 0 Å². The first-order valence-corrected chi connectivity index (χ1v) is 10.9. The number of nitrogens with zero attached hydrogens (tertiary/aromatic N) is 2. The maximum atomic E-state index is 12.8. The molecular weight excluding hydrogens is 415 g/mol. The molecule has 1 amide bonds. The van der Waals surface area contributed by atoms with Gasteiger partial charge in [0.15, 0.2) is 10.8 Å². The maximum Gasteiger partial charge on any atom is 0.434 e. The average Bonchev–Trinajstić information content (AvgIpc) is 3.11. The van der Waals surface area contributed by atoms with Crippen molar-refractivity contribution in [2.45, 2.75) is 37.3 Å². The van der Waals surface area contributed by atoms with E-state index in [9.17, 15) is 26.4 Å². The third-order valence-corrected chi connectivity index (χ3v) is 7.07. The number of nitrogens with one attached hydrogen (secondary N) is 1. The van der Waals surface area contributed by atoms with E-state index in [1.807, 2.05) is 0 Å². The fourth-order valence-corrected chi connectivity index (χ4v) is 5.14. The Morgan fingerprint density at radius 3 is 2.50 bits per heavy atom.